The van der Waals surface area contributed by atoms with Gasteiger partial charge in [0.15, 0.2) is 5.96 Å². The third kappa shape index (κ3) is 3.43. The fraction of sp³-hybridized carbons (Fsp3) is 0.667. The lowest BCUT2D eigenvalue weighted by atomic mass is 10.4. The lowest BCUT2D eigenvalue weighted by molar-refractivity contribution is 0.757. The first-order valence-electron chi connectivity index (χ1n) is 6.13. The Morgan fingerprint density at radius 1 is 1.65 bits per heavy atom. The molecule has 4 nitrogen and oxygen atoms in total. The standard InChI is InChI=1S/C12H20N4S/c1-4-11-15-9(7-17-11)6-14-12(13-3)16-10-5-8(10)2/h7-8,10H,4-6H2,1-3H3,(H2,13,14,16). The average molecular weight is 252 g/mol. The molecule has 1 aliphatic rings. The molecule has 2 rings (SSSR count). The minimum atomic E-state index is 0.600. The van der Waals surface area contributed by atoms with E-state index in [1.807, 2.05) is 0 Å². The van der Waals surface area contributed by atoms with Crippen LogP contribution in [0.25, 0.3) is 0 Å². The van der Waals surface area contributed by atoms with Crippen LogP contribution < -0.4 is 10.6 Å². The normalized spacial score (nSPS) is 23.6. The molecule has 0 aliphatic heterocycles. The zero-order valence-corrected chi connectivity index (χ0v) is 11.5. The molecule has 0 saturated heterocycles. The highest BCUT2D eigenvalue weighted by Gasteiger charge is 2.33. The molecule has 1 heterocycles. The molecule has 1 aromatic rings. The van der Waals surface area contributed by atoms with E-state index in [-0.39, 0.29) is 0 Å². The van der Waals surface area contributed by atoms with Gasteiger partial charge in [-0.05, 0) is 18.8 Å². The maximum atomic E-state index is 4.52. The second kappa shape index (κ2) is 5.49. The van der Waals surface area contributed by atoms with Crippen LogP contribution in [-0.2, 0) is 13.0 Å². The zero-order valence-electron chi connectivity index (χ0n) is 10.7. The van der Waals surface area contributed by atoms with E-state index in [4.69, 9.17) is 0 Å². The molecule has 2 unspecified atom stereocenters. The van der Waals surface area contributed by atoms with Gasteiger partial charge in [0.2, 0.25) is 0 Å². The van der Waals surface area contributed by atoms with E-state index >= 15 is 0 Å². The largest absolute Gasteiger partial charge is 0.353 e. The summed E-state index contributed by atoms with van der Waals surface area (Å²) < 4.78 is 0. The van der Waals surface area contributed by atoms with Gasteiger partial charge in [0.05, 0.1) is 17.2 Å². The average Bonchev–Trinajstić information content (AvgIpc) is 2.85. The summed E-state index contributed by atoms with van der Waals surface area (Å²) in [5, 5.41) is 10.00. The Morgan fingerprint density at radius 2 is 2.41 bits per heavy atom. The van der Waals surface area contributed by atoms with Gasteiger partial charge in [-0.15, -0.1) is 11.3 Å². The molecular weight excluding hydrogens is 232 g/mol. The van der Waals surface area contributed by atoms with Crippen molar-refractivity contribution < 1.29 is 0 Å². The monoisotopic (exact) mass is 252 g/mol. The maximum Gasteiger partial charge on any atom is 0.191 e. The predicted molar refractivity (Wildman–Crippen MR) is 72.4 cm³/mol. The van der Waals surface area contributed by atoms with Crippen LogP contribution in [0.4, 0.5) is 0 Å². The lowest BCUT2D eigenvalue weighted by Crippen LogP contribution is -2.38. The summed E-state index contributed by atoms with van der Waals surface area (Å²) in [4.78, 5) is 8.73. The van der Waals surface area contributed by atoms with Gasteiger partial charge in [-0.25, -0.2) is 4.98 Å². The molecule has 1 aromatic heterocycles. The summed E-state index contributed by atoms with van der Waals surface area (Å²) in [6.07, 6.45) is 2.26. The first-order chi connectivity index (χ1) is 8.22. The molecule has 17 heavy (non-hydrogen) atoms. The zero-order chi connectivity index (χ0) is 12.3. The number of aryl methyl sites for hydroxylation is 1. The van der Waals surface area contributed by atoms with Crippen molar-refractivity contribution in [2.45, 2.75) is 39.3 Å². The molecule has 2 N–H and O–H groups in total. The Hall–Kier alpha value is -1.10. The van der Waals surface area contributed by atoms with Crippen molar-refractivity contribution in [1.29, 1.82) is 0 Å². The van der Waals surface area contributed by atoms with Crippen molar-refractivity contribution in [1.82, 2.24) is 15.6 Å². The number of rotatable bonds is 4. The number of aromatic nitrogens is 1. The maximum absolute atomic E-state index is 4.52. The summed E-state index contributed by atoms with van der Waals surface area (Å²) >= 11 is 1.72. The summed E-state index contributed by atoms with van der Waals surface area (Å²) in [5.74, 6) is 1.66. The van der Waals surface area contributed by atoms with E-state index in [9.17, 15) is 0 Å². The van der Waals surface area contributed by atoms with Crippen LogP contribution in [0.2, 0.25) is 0 Å². The molecule has 0 aromatic carbocycles. The van der Waals surface area contributed by atoms with Gasteiger partial charge >= 0.3 is 0 Å². The van der Waals surface area contributed by atoms with Crippen molar-refractivity contribution in [3.63, 3.8) is 0 Å². The van der Waals surface area contributed by atoms with Crippen LogP contribution in [0, 0.1) is 5.92 Å². The number of hydrogen-bond acceptors (Lipinski definition) is 3. The molecule has 1 saturated carbocycles. The van der Waals surface area contributed by atoms with Crippen molar-refractivity contribution in [3.8, 4) is 0 Å². The summed E-state index contributed by atoms with van der Waals surface area (Å²) in [7, 11) is 1.81. The highest BCUT2D eigenvalue weighted by Crippen LogP contribution is 2.28. The minimum Gasteiger partial charge on any atom is -0.353 e. The molecule has 0 radical (unpaired) electrons. The molecule has 0 amide bonds. The van der Waals surface area contributed by atoms with Crippen LogP contribution in [0.5, 0.6) is 0 Å². The van der Waals surface area contributed by atoms with E-state index in [1.54, 1.807) is 18.4 Å². The van der Waals surface area contributed by atoms with Crippen molar-refractivity contribution in [3.05, 3.63) is 16.1 Å². The van der Waals surface area contributed by atoms with Gasteiger partial charge in [-0.1, -0.05) is 13.8 Å². The predicted octanol–water partition coefficient (Wildman–Crippen LogP) is 1.78. The van der Waals surface area contributed by atoms with E-state index in [1.165, 1.54) is 11.4 Å². The Labute approximate surface area is 107 Å². The third-order valence-electron chi connectivity index (χ3n) is 2.99. The van der Waals surface area contributed by atoms with E-state index in [2.05, 4.69) is 39.8 Å². The molecule has 1 aliphatic carbocycles. The molecule has 1 fully saturated rings. The highest BCUT2D eigenvalue weighted by atomic mass is 32.1. The minimum absolute atomic E-state index is 0.600. The first kappa shape index (κ1) is 12.4. The Kier molecular flexibility index (Phi) is 3.99. The topological polar surface area (TPSA) is 49.3 Å². The van der Waals surface area contributed by atoms with Crippen LogP contribution in [0.1, 0.15) is 31.0 Å². The lowest BCUT2D eigenvalue weighted by Gasteiger charge is -2.10. The van der Waals surface area contributed by atoms with Crippen LogP contribution in [0.15, 0.2) is 10.4 Å². The van der Waals surface area contributed by atoms with E-state index in [0.717, 1.165) is 30.5 Å². The fourth-order valence-electron chi connectivity index (χ4n) is 1.66. The molecular formula is C12H20N4S. The summed E-state index contributed by atoms with van der Waals surface area (Å²) in [6.45, 7) is 5.13. The van der Waals surface area contributed by atoms with Crippen LogP contribution in [0.3, 0.4) is 0 Å². The molecule has 0 spiro atoms. The smallest absolute Gasteiger partial charge is 0.191 e. The third-order valence-corrected chi connectivity index (χ3v) is 4.04. The number of nitrogens with one attached hydrogen (secondary N) is 2. The van der Waals surface area contributed by atoms with Gasteiger partial charge in [0.25, 0.3) is 0 Å². The van der Waals surface area contributed by atoms with Gasteiger partial charge in [0, 0.05) is 18.5 Å². The highest BCUT2D eigenvalue weighted by molar-refractivity contribution is 7.09. The van der Waals surface area contributed by atoms with Gasteiger partial charge < -0.3 is 10.6 Å². The van der Waals surface area contributed by atoms with Gasteiger partial charge in [-0.3, -0.25) is 4.99 Å². The number of aliphatic imine (C=N–C) groups is 1. The van der Waals surface area contributed by atoms with Gasteiger partial charge in [0.1, 0.15) is 0 Å². The fourth-order valence-corrected chi connectivity index (χ4v) is 2.40. The molecule has 94 valence electrons. The van der Waals surface area contributed by atoms with E-state index < -0.39 is 0 Å². The Balaban J connectivity index is 1.79. The number of hydrogen-bond donors (Lipinski definition) is 2. The van der Waals surface area contributed by atoms with Crippen LogP contribution >= 0.6 is 11.3 Å². The second-order valence-electron chi connectivity index (χ2n) is 4.48. The van der Waals surface area contributed by atoms with E-state index in [0.29, 0.717) is 6.04 Å². The molecule has 5 heteroatoms. The molecule has 0 bridgehead atoms. The summed E-state index contributed by atoms with van der Waals surface area (Å²) in [6, 6.07) is 0.600. The van der Waals surface area contributed by atoms with Crippen molar-refractivity contribution in [2.75, 3.05) is 7.05 Å². The molecule has 2 atom stereocenters. The number of guanidine groups is 1. The first-order valence-corrected chi connectivity index (χ1v) is 7.01. The number of thiazole rings is 1. The Bertz CT molecular complexity index is 399. The van der Waals surface area contributed by atoms with Crippen LogP contribution in [-0.4, -0.2) is 24.0 Å². The van der Waals surface area contributed by atoms with Crippen molar-refractivity contribution >= 4 is 17.3 Å². The van der Waals surface area contributed by atoms with Gasteiger partial charge in [-0.2, -0.15) is 0 Å². The SMILES string of the molecule is CCc1nc(CNC(=NC)NC2CC2C)cs1. The summed E-state index contributed by atoms with van der Waals surface area (Å²) in [5.41, 5.74) is 1.10. The number of nitrogens with zero attached hydrogens (tertiary/aromatic N) is 2. The second-order valence-corrected chi connectivity index (χ2v) is 5.42. The van der Waals surface area contributed by atoms with Crippen molar-refractivity contribution in [2.24, 2.45) is 10.9 Å². The Morgan fingerprint density at radius 3 is 2.94 bits per heavy atom. The quantitative estimate of drug-likeness (QED) is 0.634.